The molecule has 1 heterocycles. The second kappa shape index (κ2) is 7.87. The highest BCUT2D eigenvalue weighted by Crippen LogP contribution is 2.27. The summed E-state index contributed by atoms with van der Waals surface area (Å²) in [5.74, 6) is 0.0765. The van der Waals surface area contributed by atoms with E-state index in [0.29, 0.717) is 40.2 Å². The number of aromatic nitrogens is 1. The smallest absolute Gasteiger partial charge is 0.252 e. The van der Waals surface area contributed by atoms with Gasteiger partial charge in [0.15, 0.2) is 0 Å². The number of nitrogens with one attached hydrogen (secondary N) is 1. The maximum Gasteiger partial charge on any atom is 0.252 e. The SMILES string of the molecule is NC(=O)c1cnccc1NCCCOc1ccc(Cl)cc1Cl. The van der Waals surface area contributed by atoms with Crippen LogP contribution in [0.5, 0.6) is 5.75 Å². The lowest BCUT2D eigenvalue weighted by Gasteiger charge is -2.11. The molecule has 116 valence electrons. The van der Waals surface area contributed by atoms with Crippen LogP contribution in [0.2, 0.25) is 10.0 Å². The molecule has 22 heavy (non-hydrogen) atoms. The minimum atomic E-state index is -0.514. The summed E-state index contributed by atoms with van der Waals surface area (Å²) in [6, 6.07) is 6.78. The maximum atomic E-state index is 11.3. The Morgan fingerprint density at radius 2 is 2.14 bits per heavy atom. The van der Waals surface area contributed by atoms with Crippen molar-refractivity contribution in [3.8, 4) is 5.75 Å². The Morgan fingerprint density at radius 3 is 2.86 bits per heavy atom. The lowest BCUT2D eigenvalue weighted by molar-refractivity contribution is 0.100. The topological polar surface area (TPSA) is 77.2 Å². The van der Waals surface area contributed by atoms with E-state index in [1.165, 1.54) is 6.20 Å². The highest BCUT2D eigenvalue weighted by Gasteiger charge is 2.07. The van der Waals surface area contributed by atoms with Crippen molar-refractivity contribution in [2.75, 3.05) is 18.5 Å². The summed E-state index contributed by atoms with van der Waals surface area (Å²) in [4.78, 5) is 15.1. The molecule has 0 atom stereocenters. The number of primary amides is 1. The van der Waals surface area contributed by atoms with Gasteiger partial charge < -0.3 is 15.8 Å². The van der Waals surface area contributed by atoms with Gasteiger partial charge in [0.25, 0.3) is 5.91 Å². The number of halogens is 2. The number of amides is 1. The Morgan fingerprint density at radius 1 is 1.32 bits per heavy atom. The summed E-state index contributed by atoms with van der Waals surface area (Å²) in [6.45, 7) is 1.10. The number of hydrogen-bond acceptors (Lipinski definition) is 4. The van der Waals surface area contributed by atoms with E-state index < -0.39 is 5.91 Å². The van der Waals surface area contributed by atoms with E-state index >= 15 is 0 Å². The van der Waals surface area contributed by atoms with Gasteiger partial charge in [-0.3, -0.25) is 9.78 Å². The molecule has 1 aromatic heterocycles. The van der Waals surface area contributed by atoms with E-state index in [4.69, 9.17) is 33.7 Å². The average molecular weight is 340 g/mol. The third kappa shape index (κ3) is 4.51. The molecule has 0 aliphatic rings. The van der Waals surface area contributed by atoms with Crippen LogP contribution in [0.3, 0.4) is 0 Å². The number of carbonyl (C=O) groups is 1. The van der Waals surface area contributed by atoms with Crippen molar-refractivity contribution in [1.29, 1.82) is 0 Å². The highest BCUT2D eigenvalue weighted by molar-refractivity contribution is 6.35. The van der Waals surface area contributed by atoms with Gasteiger partial charge in [0.05, 0.1) is 22.9 Å². The first kappa shape index (κ1) is 16.4. The number of carbonyl (C=O) groups excluding carboxylic acids is 1. The molecule has 0 fully saturated rings. The first-order valence-corrected chi connectivity index (χ1v) is 7.39. The van der Waals surface area contributed by atoms with E-state index in [0.717, 1.165) is 6.42 Å². The Balaban J connectivity index is 1.79. The summed E-state index contributed by atoms with van der Waals surface area (Å²) < 4.78 is 5.57. The molecule has 5 nitrogen and oxygen atoms in total. The van der Waals surface area contributed by atoms with Crippen LogP contribution in [-0.2, 0) is 0 Å². The first-order chi connectivity index (χ1) is 10.6. The van der Waals surface area contributed by atoms with E-state index in [2.05, 4.69) is 10.3 Å². The molecule has 0 saturated carbocycles. The molecule has 0 spiro atoms. The molecule has 0 aliphatic heterocycles. The van der Waals surface area contributed by atoms with Crippen LogP contribution >= 0.6 is 23.2 Å². The summed E-state index contributed by atoms with van der Waals surface area (Å²) in [6.07, 6.45) is 3.76. The lowest BCUT2D eigenvalue weighted by atomic mass is 10.2. The van der Waals surface area contributed by atoms with Crippen LogP contribution in [0.4, 0.5) is 5.69 Å². The monoisotopic (exact) mass is 339 g/mol. The van der Waals surface area contributed by atoms with Gasteiger partial charge in [-0.1, -0.05) is 23.2 Å². The predicted molar refractivity (Wildman–Crippen MR) is 87.8 cm³/mol. The van der Waals surface area contributed by atoms with Crippen molar-refractivity contribution in [1.82, 2.24) is 4.98 Å². The number of rotatable bonds is 7. The molecule has 2 rings (SSSR count). The van der Waals surface area contributed by atoms with E-state index in [-0.39, 0.29) is 0 Å². The number of hydrogen-bond donors (Lipinski definition) is 2. The third-order valence-electron chi connectivity index (χ3n) is 2.87. The molecule has 0 radical (unpaired) electrons. The Labute approximate surface area is 138 Å². The van der Waals surface area contributed by atoms with Gasteiger partial charge in [-0.25, -0.2) is 0 Å². The second-order valence-corrected chi connectivity index (χ2v) is 5.33. The van der Waals surface area contributed by atoms with Crippen molar-refractivity contribution in [3.05, 3.63) is 52.3 Å². The van der Waals surface area contributed by atoms with Crippen LogP contribution in [0.25, 0.3) is 0 Å². The molecule has 1 aromatic carbocycles. The molecule has 0 unspecified atom stereocenters. The number of anilines is 1. The van der Waals surface area contributed by atoms with Crippen LogP contribution in [0.1, 0.15) is 16.8 Å². The summed E-state index contributed by atoms with van der Waals surface area (Å²) in [5, 5.41) is 4.17. The molecular weight excluding hydrogens is 325 g/mol. The molecule has 2 aromatic rings. The van der Waals surface area contributed by atoms with Gasteiger partial charge in [-0.15, -0.1) is 0 Å². The fourth-order valence-corrected chi connectivity index (χ4v) is 2.28. The number of nitrogens with zero attached hydrogens (tertiary/aromatic N) is 1. The quantitative estimate of drug-likeness (QED) is 0.758. The number of ether oxygens (including phenoxy) is 1. The summed E-state index contributed by atoms with van der Waals surface area (Å²) >= 11 is 11.8. The fourth-order valence-electron chi connectivity index (χ4n) is 1.81. The van der Waals surface area contributed by atoms with Crippen molar-refractivity contribution in [3.63, 3.8) is 0 Å². The zero-order valence-corrected chi connectivity index (χ0v) is 13.2. The van der Waals surface area contributed by atoms with E-state index in [1.54, 1.807) is 30.5 Å². The molecule has 0 saturated heterocycles. The van der Waals surface area contributed by atoms with Gasteiger partial charge in [0.2, 0.25) is 0 Å². The molecule has 3 N–H and O–H groups in total. The van der Waals surface area contributed by atoms with Crippen LogP contribution in [-0.4, -0.2) is 24.0 Å². The van der Waals surface area contributed by atoms with Crippen molar-refractivity contribution in [2.24, 2.45) is 5.73 Å². The summed E-state index contributed by atoms with van der Waals surface area (Å²) in [5.41, 5.74) is 6.30. The predicted octanol–water partition coefficient (Wildman–Crippen LogP) is 3.37. The minimum absolute atomic E-state index is 0.365. The highest BCUT2D eigenvalue weighted by atomic mass is 35.5. The Kier molecular flexibility index (Phi) is 5.86. The molecule has 0 bridgehead atoms. The van der Waals surface area contributed by atoms with Crippen molar-refractivity contribution in [2.45, 2.75) is 6.42 Å². The van der Waals surface area contributed by atoms with Crippen LogP contribution < -0.4 is 15.8 Å². The van der Waals surface area contributed by atoms with E-state index in [9.17, 15) is 4.79 Å². The van der Waals surface area contributed by atoms with Gasteiger partial charge in [-0.05, 0) is 30.7 Å². The van der Waals surface area contributed by atoms with Gasteiger partial charge in [0.1, 0.15) is 5.75 Å². The minimum Gasteiger partial charge on any atom is -0.492 e. The van der Waals surface area contributed by atoms with Crippen molar-refractivity contribution >= 4 is 34.8 Å². The molecule has 1 amide bonds. The first-order valence-electron chi connectivity index (χ1n) is 6.63. The van der Waals surface area contributed by atoms with Crippen LogP contribution in [0, 0.1) is 0 Å². The zero-order valence-electron chi connectivity index (χ0n) is 11.7. The second-order valence-electron chi connectivity index (χ2n) is 4.49. The molecule has 7 heteroatoms. The van der Waals surface area contributed by atoms with Gasteiger partial charge in [0, 0.05) is 24.0 Å². The van der Waals surface area contributed by atoms with Crippen molar-refractivity contribution < 1.29 is 9.53 Å². The van der Waals surface area contributed by atoms with Crippen LogP contribution in [0.15, 0.2) is 36.7 Å². The normalized spacial score (nSPS) is 10.3. The lowest BCUT2D eigenvalue weighted by Crippen LogP contribution is -2.16. The molecular formula is C15H15Cl2N3O2. The van der Waals surface area contributed by atoms with Gasteiger partial charge in [-0.2, -0.15) is 0 Å². The zero-order chi connectivity index (χ0) is 15.9. The number of pyridine rings is 1. The summed E-state index contributed by atoms with van der Waals surface area (Å²) in [7, 11) is 0. The average Bonchev–Trinajstić information content (AvgIpc) is 2.49. The largest absolute Gasteiger partial charge is 0.492 e. The third-order valence-corrected chi connectivity index (χ3v) is 3.41. The van der Waals surface area contributed by atoms with Gasteiger partial charge >= 0.3 is 0 Å². The maximum absolute atomic E-state index is 11.3. The fraction of sp³-hybridized carbons (Fsp3) is 0.200. The van der Waals surface area contributed by atoms with E-state index in [1.807, 2.05) is 0 Å². The Bertz CT molecular complexity index is 665. The number of nitrogens with two attached hydrogens (primary N) is 1. The molecule has 0 aliphatic carbocycles. The number of benzene rings is 1. The standard InChI is InChI=1S/C15H15Cl2N3O2/c16-10-2-3-14(12(17)8-10)22-7-1-5-20-13-4-6-19-9-11(13)15(18)21/h2-4,6,8-9H,1,5,7H2,(H2,18,21)(H,19,20). The Hall–Kier alpha value is -1.98.